The molecule has 2 unspecified atom stereocenters. The Hall–Kier alpha value is -0.610. The van der Waals surface area contributed by atoms with Gasteiger partial charge in [0, 0.05) is 12.1 Å². The van der Waals surface area contributed by atoms with Gasteiger partial charge in [-0.25, -0.2) is 0 Å². The number of nitrogens with two attached hydrogens (primary N) is 1. The molecule has 116 valence electrons. The molecule has 0 radical (unpaired) electrons. The summed E-state index contributed by atoms with van der Waals surface area (Å²) in [6.07, 6.45) is 8.89. The SMILES string of the molecule is CCCN(CCC)C1CCCC(NC2CC2)(C(N)=O)C1. The molecule has 0 aromatic carbocycles. The minimum absolute atomic E-state index is 0.137. The van der Waals surface area contributed by atoms with Gasteiger partial charge in [0.05, 0.1) is 5.54 Å². The van der Waals surface area contributed by atoms with Crippen LogP contribution in [0.2, 0.25) is 0 Å². The van der Waals surface area contributed by atoms with Crippen LogP contribution in [0.25, 0.3) is 0 Å². The van der Waals surface area contributed by atoms with Gasteiger partial charge < -0.3 is 16.0 Å². The molecule has 3 N–H and O–H groups in total. The first-order chi connectivity index (χ1) is 9.61. The van der Waals surface area contributed by atoms with Crippen molar-refractivity contribution in [3.63, 3.8) is 0 Å². The lowest BCUT2D eigenvalue weighted by molar-refractivity contribution is -0.127. The van der Waals surface area contributed by atoms with Gasteiger partial charge in [-0.15, -0.1) is 0 Å². The highest BCUT2D eigenvalue weighted by Gasteiger charge is 2.45. The van der Waals surface area contributed by atoms with Crippen molar-refractivity contribution in [1.29, 1.82) is 0 Å². The molecular weight excluding hydrogens is 250 g/mol. The maximum absolute atomic E-state index is 12.1. The first-order valence-corrected chi connectivity index (χ1v) is 8.43. The van der Waals surface area contributed by atoms with Crippen molar-refractivity contribution in [2.45, 2.75) is 82.8 Å². The maximum Gasteiger partial charge on any atom is 0.237 e. The highest BCUT2D eigenvalue weighted by molar-refractivity contribution is 5.85. The second-order valence-corrected chi connectivity index (χ2v) is 6.65. The normalized spacial score (nSPS) is 30.6. The van der Waals surface area contributed by atoms with Gasteiger partial charge >= 0.3 is 0 Å². The summed E-state index contributed by atoms with van der Waals surface area (Å²) in [5, 5.41) is 3.57. The van der Waals surface area contributed by atoms with Gasteiger partial charge in [0.15, 0.2) is 0 Å². The van der Waals surface area contributed by atoms with Crippen LogP contribution in [0, 0.1) is 0 Å². The van der Waals surface area contributed by atoms with E-state index in [1.54, 1.807) is 0 Å². The van der Waals surface area contributed by atoms with Crippen LogP contribution in [0.4, 0.5) is 0 Å². The van der Waals surface area contributed by atoms with E-state index in [9.17, 15) is 4.79 Å². The molecule has 2 aliphatic rings. The summed E-state index contributed by atoms with van der Waals surface area (Å²) < 4.78 is 0. The minimum Gasteiger partial charge on any atom is -0.368 e. The van der Waals surface area contributed by atoms with Crippen molar-refractivity contribution >= 4 is 5.91 Å². The molecule has 2 saturated carbocycles. The molecule has 0 aromatic heterocycles. The summed E-state index contributed by atoms with van der Waals surface area (Å²) in [6, 6.07) is 1.05. The molecular formula is C16H31N3O. The Bertz CT molecular complexity index is 324. The Morgan fingerprint density at radius 2 is 1.90 bits per heavy atom. The van der Waals surface area contributed by atoms with Gasteiger partial charge in [0.25, 0.3) is 0 Å². The second-order valence-electron chi connectivity index (χ2n) is 6.65. The number of primary amides is 1. The van der Waals surface area contributed by atoms with E-state index in [1.165, 1.54) is 32.1 Å². The first-order valence-electron chi connectivity index (χ1n) is 8.43. The number of hydrogen-bond acceptors (Lipinski definition) is 3. The number of carbonyl (C=O) groups is 1. The standard InChI is InChI=1S/C16H31N3O/c1-3-10-19(11-4-2)14-6-5-9-16(12-14,15(17)20)18-13-7-8-13/h13-14,18H,3-12H2,1-2H3,(H2,17,20). The van der Waals surface area contributed by atoms with E-state index >= 15 is 0 Å². The van der Waals surface area contributed by atoms with Crippen LogP contribution < -0.4 is 11.1 Å². The smallest absolute Gasteiger partial charge is 0.237 e. The Morgan fingerprint density at radius 1 is 1.25 bits per heavy atom. The summed E-state index contributed by atoms with van der Waals surface area (Å²) in [5.74, 6) is -0.137. The number of hydrogen-bond donors (Lipinski definition) is 2. The predicted molar refractivity (Wildman–Crippen MR) is 82.5 cm³/mol. The van der Waals surface area contributed by atoms with E-state index in [-0.39, 0.29) is 5.91 Å². The van der Waals surface area contributed by atoms with E-state index in [2.05, 4.69) is 24.1 Å². The molecule has 4 nitrogen and oxygen atoms in total. The molecule has 4 heteroatoms. The Kier molecular flexibility index (Phi) is 5.44. The molecule has 20 heavy (non-hydrogen) atoms. The fourth-order valence-corrected chi connectivity index (χ4v) is 3.65. The lowest BCUT2D eigenvalue weighted by Crippen LogP contribution is -2.61. The lowest BCUT2D eigenvalue weighted by atomic mass is 9.77. The van der Waals surface area contributed by atoms with Gasteiger partial charge in [-0.2, -0.15) is 0 Å². The molecule has 2 aliphatic carbocycles. The zero-order valence-electron chi connectivity index (χ0n) is 13.2. The Labute approximate surface area is 123 Å². The third kappa shape index (κ3) is 3.73. The number of nitrogens with one attached hydrogen (secondary N) is 1. The van der Waals surface area contributed by atoms with Crippen molar-refractivity contribution in [2.75, 3.05) is 13.1 Å². The van der Waals surface area contributed by atoms with Gasteiger partial charge in [0.2, 0.25) is 5.91 Å². The monoisotopic (exact) mass is 281 g/mol. The number of rotatable bonds is 8. The van der Waals surface area contributed by atoms with Crippen LogP contribution in [-0.4, -0.2) is 41.5 Å². The third-order valence-electron chi connectivity index (χ3n) is 4.79. The lowest BCUT2D eigenvalue weighted by Gasteiger charge is -2.43. The van der Waals surface area contributed by atoms with Crippen LogP contribution in [0.1, 0.15) is 65.2 Å². The molecule has 0 heterocycles. The molecule has 0 bridgehead atoms. The highest BCUT2D eigenvalue weighted by atomic mass is 16.1. The molecule has 0 spiro atoms. The summed E-state index contributed by atoms with van der Waals surface area (Å²) >= 11 is 0. The fourth-order valence-electron chi connectivity index (χ4n) is 3.65. The van der Waals surface area contributed by atoms with E-state index in [1.807, 2.05) is 0 Å². The molecule has 2 atom stereocenters. The number of carbonyl (C=O) groups excluding carboxylic acids is 1. The average Bonchev–Trinajstić information content (AvgIpc) is 3.22. The summed E-state index contributed by atoms with van der Waals surface area (Å²) in [6.45, 7) is 6.73. The van der Waals surface area contributed by atoms with Crippen molar-refractivity contribution in [3.05, 3.63) is 0 Å². The molecule has 0 saturated heterocycles. The van der Waals surface area contributed by atoms with Gasteiger partial charge in [0.1, 0.15) is 0 Å². The summed E-state index contributed by atoms with van der Waals surface area (Å²) in [5.41, 5.74) is 5.33. The average molecular weight is 281 g/mol. The summed E-state index contributed by atoms with van der Waals surface area (Å²) in [7, 11) is 0. The summed E-state index contributed by atoms with van der Waals surface area (Å²) in [4.78, 5) is 14.6. The predicted octanol–water partition coefficient (Wildman–Crippen LogP) is 2.03. The van der Waals surface area contributed by atoms with Crippen LogP contribution in [-0.2, 0) is 4.79 Å². The van der Waals surface area contributed by atoms with E-state index in [4.69, 9.17) is 5.73 Å². The first kappa shape index (κ1) is 15.8. The molecule has 0 aliphatic heterocycles. The third-order valence-corrected chi connectivity index (χ3v) is 4.79. The van der Waals surface area contributed by atoms with Gasteiger partial charge in [-0.3, -0.25) is 4.79 Å². The van der Waals surface area contributed by atoms with E-state index in [0.29, 0.717) is 12.1 Å². The van der Waals surface area contributed by atoms with Crippen LogP contribution in [0.3, 0.4) is 0 Å². The van der Waals surface area contributed by atoms with Crippen LogP contribution in [0.5, 0.6) is 0 Å². The minimum atomic E-state index is -0.441. The van der Waals surface area contributed by atoms with Gasteiger partial charge in [-0.1, -0.05) is 13.8 Å². The number of nitrogens with zero attached hydrogens (tertiary/aromatic N) is 1. The second kappa shape index (κ2) is 6.90. The molecule has 1 amide bonds. The van der Waals surface area contributed by atoms with Crippen molar-refractivity contribution in [3.8, 4) is 0 Å². The fraction of sp³-hybridized carbons (Fsp3) is 0.938. The number of amides is 1. The quantitative estimate of drug-likeness (QED) is 0.715. The van der Waals surface area contributed by atoms with E-state index in [0.717, 1.165) is 32.4 Å². The largest absolute Gasteiger partial charge is 0.368 e. The molecule has 2 fully saturated rings. The van der Waals surface area contributed by atoms with Crippen LogP contribution >= 0.6 is 0 Å². The topological polar surface area (TPSA) is 58.4 Å². The molecule has 0 aromatic rings. The Morgan fingerprint density at radius 3 is 2.40 bits per heavy atom. The van der Waals surface area contributed by atoms with E-state index < -0.39 is 5.54 Å². The maximum atomic E-state index is 12.1. The zero-order chi connectivity index (χ0) is 14.6. The van der Waals surface area contributed by atoms with Crippen molar-refractivity contribution < 1.29 is 4.79 Å². The highest BCUT2D eigenvalue weighted by Crippen LogP contribution is 2.34. The van der Waals surface area contributed by atoms with Crippen molar-refractivity contribution in [2.24, 2.45) is 5.73 Å². The Balaban J connectivity index is 2.05. The zero-order valence-corrected chi connectivity index (χ0v) is 13.2. The van der Waals surface area contributed by atoms with Crippen LogP contribution in [0.15, 0.2) is 0 Å². The van der Waals surface area contributed by atoms with Gasteiger partial charge in [-0.05, 0) is 64.5 Å². The molecule has 2 rings (SSSR count). The van der Waals surface area contributed by atoms with Crippen molar-refractivity contribution in [1.82, 2.24) is 10.2 Å².